The van der Waals surface area contributed by atoms with Gasteiger partial charge in [-0.15, -0.1) is 0 Å². The fourth-order valence-corrected chi connectivity index (χ4v) is 0.801. The summed E-state index contributed by atoms with van der Waals surface area (Å²) in [5.41, 5.74) is -1.57. The Morgan fingerprint density at radius 3 is 1.69 bits per heavy atom. The highest BCUT2D eigenvalue weighted by molar-refractivity contribution is 5.58. The Hall–Kier alpha value is -2.18. The first-order valence-electron chi connectivity index (χ1n) is 3.13. The number of rotatable bonds is 2. The summed E-state index contributed by atoms with van der Waals surface area (Å²) in [5.74, 6) is -1.17. The minimum atomic E-state index is -1.17. The van der Waals surface area contributed by atoms with Gasteiger partial charge in [0, 0.05) is 12.1 Å². The molecule has 0 aromatic heterocycles. The molecule has 0 saturated heterocycles. The lowest BCUT2D eigenvalue weighted by molar-refractivity contribution is -0.396. The van der Waals surface area contributed by atoms with E-state index in [0.717, 1.165) is 18.2 Å². The smallest absolute Gasteiger partial charge is 0.274 e. The van der Waals surface area contributed by atoms with Crippen LogP contribution in [-0.2, 0) is 5.11 Å². The summed E-state index contributed by atoms with van der Waals surface area (Å²) in [7, 11) is 0. The average Bonchev–Trinajstić information content (AvgIpc) is 2.03. The predicted octanol–water partition coefficient (Wildman–Crippen LogP) is 1.65. The highest BCUT2D eigenvalue weighted by Crippen LogP contribution is 2.35. The van der Waals surface area contributed by atoms with Crippen molar-refractivity contribution in [1.29, 1.82) is 0 Å². The van der Waals surface area contributed by atoms with E-state index in [1.807, 2.05) is 0 Å². The SMILES string of the molecule is [O]c1c([N+](=O)[O-])cccc1[N+](=O)[O-]. The highest BCUT2D eigenvalue weighted by Gasteiger charge is 2.25. The molecule has 0 bridgehead atoms. The first-order chi connectivity index (χ1) is 6.04. The summed E-state index contributed by atoms with van der Waals surface area (Å²) in [5, 5.41) is 31.3. The van der Waals surface area contributed by atoms with E-state index in [0.29, 0.717) is 0 Å². The molecule has 0 aliphatic heterocycles. The molecule has 0 N–H and O–H groups in total. The van der Waals surface area contributed by atoms with Gasteiger partial charge < -0.3 is 0 Å². The normalized spacial score (nSPS) is 9.54. The van der Waals surface area contributed by atoms with Crippen LogP contribution in [0.25, 0.3) is 0 Å². The first-order valence-corrected chi connectivity index (χ1v) is 3.13. The Morgan fingerprint density at radius 2 is 1.38 bits per heavy atom. The molecule has 0 saturated carbocycles. The molecule has 7 heteroatoms. The number of nitrogens with zero attached hydrogens (tertiary/aromatic N) is 2. The second-order valence-electron chi connectivity index (χ2n) is 2.14. The molecule has 13 heavy (non-hydrogen) atoms. The van der Waals surface area contributed by atoms with Crippen LogP contribution in [0.2, 0.25) is 0 Å². The van der Waals surface area contributed by atoms with Crippen molar-refractivity contribution in [2.45, 2.75) is 0 Å². The molecule has 1 aromatic rings. The molecular weight excluding hydrogens is 180 g/mol. The number of benzene rings is 1. The van der Waals surface area contributed by atoms with Crippen LogP contribution < -0.4 is 0 Å². The quantitative estimate of drug-likeness (QED) is 0.513. The minimum Gasteiger partial charge on any atom is -0.274 e. The molecule has 0 amide bonds. The molecule has 0 aliphatic carbocycles. The summed E-state index contributed by atoms with van der Waals surface area (Å²) in [6, 6.07) is 2.95. The molecule has 1 radical (unpaired) electrons. The molecule has 0 atom stereocenters. The van der Waals surface area contributed by atoms with E-state index in [-0.39, 0.29) is 0 Å². The lowest BCUT2D eigenvalue weighted by Gasteiger charge is -1.93. The number of hydrogen-bond acceptors (Lipinski definition) is 4. The lowest BCUT2D eigenvalue weighted by Crippen LogP contribution is -1.92. The first kappa shape index (κ1) is 8.91. The standard InChI is InChI=1S/C6H3N2O5/c9-6-4(7(10)11)2-1-3-5(6)8(12)13/h1-3H. The number of hydrogen-bond donors (Lipinski definition) is 0. The minimum absolute atomic E-state index is 0.783. The number of para-hydroxylation sites is 1. The monoisotopic (exact) mass is 183 g/mol. The predicted molar refractivity (Wildman–Crippen MR) is 39.9 cm³/mol. The summed E-state index contributed by atoms with van der Waals surface area (Å²) < 4.78 is 0. The largest absolute Gasteiger partial charge is 0.332 e. The summed E-state index contributed by atoms with van der Waals surface area (Å²) >= 11 is 0. The van der Waals surface area contributed by atoms with Crippen LogP contribution in [0.4, 0.5) is 11.4 Å². The third-order valence-corrected chi connectivity index (χ3v) is 1.37. The maximum absolute atomic E-state index is 11.0. The van der Waals surface area contributed by atoms with E-state index in [1.54, 1.807) is 0 Å². The zero-order valence-electron chi connectivity index (χ0n) is 6.17. The van der Waals surface area contributed by atoms with Gasteiger partial charge in [-0.25, -0.2) is 0 Å². The maximum Gasteiger partial charge on any atom is 0.332 e. The van der Waals surface area contributed by atoms with Crippen LogP contribution in [0.15, 0.2) is 18.2 Å². The van der Waals surface area contributed by atoms with Gasteiger partial charge in [0.25, 0.3) is 0 Å². The van der Waals surface area contributed by atoms with Gasteiger partial charge in [0.2, 0.25) is 0 Å². The van der Waals surface area contributed by atoms with Gasteiger partial charge in [0.05, 0.1) is 9.85 Å². The second-order valence-corrected chi connectivity index (χ2v) is 2.14. The van der Waals surface area contributed by atoms with Crippen LogP contribution in [0, 0.1) is 20.2 Å². The van der Waals surface area contributed by atoms with Crippen molar-refractivity contribution >= 4 is 11.4 Å². The zero-order valence-corrected chi connectivity index (χ0v) is 6.17. The Balaban J connectivity index is 3.35. The molecule has 0 unspecified atom stereocenters. The van der Waals surface area contributed by atoms with Crippen molar-refractivity contribution in [2.24, 2.45) is 0 Å². The molecular formula is C6H3N2O5. The third-order valence-electron chi connectivity index (χ3n) is 1.37. The third kappa shape index (κ3) is 1.53. The lowest BCUT2D eigenvalue weighted by atomic mass is 10.2. The fourth-order valence-electron chi connectivity index (χ4n) is 0.801. The van der Waals surface area contributed by atoms with E-state index < -0.39 is 27.0 Å². The van der Waals surface area contributed by atoms with Gasteiger partial charge in [0.15, 0.2) is 0 Å². The van der Waals surface area contributed by atoms with Crippen molar-refractivity contribution in [1.82, 2.24) is 0 Å². The van der Waals surface area contributed by atoms with Crippen molar-refractivity contribution in [3.05, 3.63) is 38.4 Å². The average molecular weight is 183 g/mol. The van der Waals surface area contributed by atoms with Crippen LogP contribution in [-0.4, -0.2) is 9.85 Å². The second kappa shape index (κ2) is 3.05. The Kier molecular flexibility index (Phi) is 2.09. The van der Waals surface area contributed by atoms with Gasteiger partial charge in [-0.3, -0.25) is 25.3 Å². The van der Waals surface area contributed by atoms with E-state index in [2.05, 4.69) is 0 Å². The van der Waals surface area contributed by atoms with E-state index in [9.17, 15) is 25.3 Å². The van der Waals surface area contributed by atoms with Crippen LogP contribution in [0.3, 0.4) is 0 Å². The van der Waals surface area contributed by atoms with Crippen LogP contribution >= 0.6 is 0 Å². The highest BCUT2D eigenvalue weighted by atomic mass is 16.6. The van der Waals surface area contributed by atoms with E-state index in [4.69, 9.17) is 0 Å². The fraction of sp³-hybridized carbons (Fsp3) is 0. The molecule has 0 spiro atoms. The number of nitro groups is 2. The van der Waals surface area contributed by atoms with Gasteiger partial charge in [-0.05, 0) is 6.07 Å². The van der Waals surface area contributed by atoms with Crippen molar-refractivity contribution < 1.29 is 15.0 Å². The molecule has 67 valence electrons. The van der Waals surface area contributed by atoms with Gasteiger partial charge >= 0.3 is 17.1 Å². The molecule has 0 aliphatic rings. The van der Waals surface area contributed by atoms with Gasteiger partial charge in [-0.2, -0.15) is 0 Å². The number of nitro benzene ring substituents is 2. The van der Waals surface area contributed by atoms with Crippen LogP contribution in [0.5, 0.6) is 5.75 Å². The summed E-state index contributed by atoms with van der Waals surface area (Å²) in [6.45, 7) is 0. The maximum atomic E-state index is 11.0. The van der Waals surface area contributed by atoms with Crippen molar-refractivity contribution in [2.75, 3.05) is 0 Å². The topological polar surface area (TPSA) is 106 Å². The van der Waals surface area contributed by atoms with Gasteiger partial charge in [0.1, 0.15) is 0 Å². The van der Waals surface area contributed by atoms with E-state index >= 15 is 0 Å². The van der Waals surface area contributed by atoms with Gasteiger partial charge in [-0.1, -0.05) is 0 Å². The Labute approximate surface area is 71.5 Å². The molecule has 0 heterocycles. The molecule has 1 aromatic carbocycles. The van der Waals surface area contributed by atoms with Crippen LogP contribution in [0.1, 0.15) is 0 Å². The molecule has 7 nitrogen and oxygen atoms in total. The van der Waals surface area contributed by atoms with Crippen molar-refractivity contribution in [3.63, 3.8) is 0 Å². The summed E-state index contributed by atoms with van der Waals surface area (Å²) in [6.07, 6.45) is 0. The summed E-state index contributed by atoms with van der Waals surface area (Å²) in [4.78, 5) is 18.5. The molecule has 0 fully saturated rings. The Morgan fingerprint density at radius 1 is 1.00 bits per heavy atom. The van der Waals surface area contributed by atoms with Crippen molar-refractivity contribution in [3.8, 4) is 5.75 Å². The Bertz CT molecular complexity index is 343. The molecule has 1 rings (SSSR count). The van der Waals surface area contributed by atoms with E-state index in [1.165, 1.54) is 0 Å². The zero-order chi connectivity index (χ0) is 10.0.